The van der Waals surface area contributed by atoms with Crippen molar-refractivity contribution in [3.8, 4) is 27.3 Å². The zero-order valence-corrected chi connectivity index (χ0v) is 47.0. The fraction of sp³-hybridized carbons (Fsp3) is 0.491. The number of aromatic nitrogens is 5. The number of carbonyl (C=O) groups is 3. The van der Waals surface area contributed by atoms with Crippen LogP contribution in [0.3, 0.4) is 0 Å². The maximum Gasteiger partial charge on any atom is 0.282 e. The Kier molecular flexibility index (Phi) is 14.1. The molecule has 3 aliphatic rings. The molecular weight excluding hydrogens is 972 g/mol. The van der Waals surface area contributed by atoms with Crippen molar-refractivity contribution in [2.24, 2.45) is 17.3 Å². The van der Waals surface area contributed by atoms with Crippen molar-refractivity contribution in [2.45, 2.75) is 156 Å². The predicted molar refractivity (Wildman–Crippen MR) is 294 cm³/mol. The summed E-state index contributed by atoms with van der Waals surface area (Å²) in [6.45, 7) is 26.0. The molecule has 2 fully saturated rings. The van der Waals surface area contributed by atoms with E-state index in [1.165, 1.54) is 0 Å². The molecule has 5 heterocycles. The molecule has 386 valence electrons. The number of hydrogen-bond donors (Lipinski definition) is 2. The maximum atomic E-state index is 15.0. The van der Waals surface area contributed by atoms with Gasteiger partial charge in [0.1, 0.15) is 17.9 Å². The van der Waals surface area contributed by atoms with Crippen molar-refractivity contribution >= 4 is 59.9 Å². The molecule has 6 aromatic rings. The Morgan fingerprint density at radius 1 is 0.932 bits per heavy atom. The molecule has 0 unspecified atom stereocenters. The van der Waals surface area contributed by atoms with Gasteiger partial charge in [-0.1, -0.05) is 89.5 Å². The summed E-state index contributed by atoms with van der Waals surface area (Å²) < 4.78 is 11.0. The number of nitrogens with zero attached hydrogens (tertiary/aromatic N) is 6. The highest BCUT2D eigenvalue weighted by atomic mass is 35.5. The summed E-state index contributed by atoms with van der Waals surface area (Å²) >= 11 is 8.10. The molecule has 1 saturated heterocycles. The van der Waals surface area contributed by atoms with Gasteiger partial charge in [-0.15, -0.1) is 11.3 Å². The number of halogens is 1. The van der Waals surface area contributed by atoms with E-state index >= 15 is 0 Å². The van der Waals surface area contributed by atoms with Gasteiger partial charge in [-0.25, -0.2) is 4.98 Å². The first kappa shape index (κ1) is 52.4. The number of hydrogen-bond acceptors (Lipinski definition) is 9. The molecule has 1 aliphatic carbocycles. The molecule has 16 heteroatoms. The number of nitrogens with one attached hydrogen (secondary N) is 2. The fourth-order valence-corrected chi connectivity index (χ4v) is 13.3. The summed E-state index contributed by atoms with van der Waals surface area (Å²) in [5.41, 5.74) is 8.21. The van der Waals surface area contributed by atoms with Gasteiger partial charge in [-0.05, 0) is 129 Å². The number of carbonyl (C=O) groups excluding carboxylic acids is 3. The van der Waals surface area contributed by atoms with Gasteiger partial charge in [0.25, 0.3) is 5.56 Å². The van der Waals surface area contributed by atoms with Crippen LogP contribution in [0.4, 0.5) is 0 Å². The largest absolute Gasteiger partial charge is 0.412 e. The number of amides is 3. The molecule has 0 spiro atoms. The highest BCUT2D eigenvalue weighted by molar-refractivity contribution is 7.13. The zero-order valence-electron chi connectivity index (χ0n) is 44.4. The second-order valence-corrected chi connectivity index (χ2v) is 29.9. The Labute approximate surface area is 439 Å². The Hall–Kier alpha value is -5.48. The monoisotopic (exact) mass is 1040 g/mol. The van der Waals surface area contributed by atoms with Gasteiger partial charge in [-0.2, -0.15) is 10.1 Å². The van der Waals surface area contributed by atoms with Crippen LogP contribution in [0, 0.1) is 24.2 Å². The number of rotatable bonds is 12. The number of aryl methyl sites for hydroxylation is 1. The van der Waals surface area contributed by atoms with Gasteiger partial charge >= 0.3 is 0 Å². The van der Waals surface area contributed by atoms with Crippen molar-refractivity contribution in [3.63, 3.8) is 0 Å². The topological polar surface area (TPSA) is 153 Å². The van der Waals surface area contributed by atoms with Crippen molar-refractivity contribution < 1.29 is 18.8 Å². The van der Waals surface area contributed by atoms with E-state index in [9.17, 15) is 19.2 Å². The first-order valence-corrected chi connectivity index (χ1v) is 30.0. The minimum atomic E-state index is -2.26. The highest BCUT2D eigenvalue weighted by Gasteiger charge is 2.49. The number of benzene rings is 3. The van der Waals surface area contributed by atoms with Crippen LogP contribution in [-0.2, 0) is 30.8 Å². The van der Waals surface area contributed by atoms with Gasteiger partial charge in [0.05, 0.1) is 61.5 Å². The lowest BCUT2D eigenvalue weighted by Crippen LogP contribution is -2.58. The van der Waals surface area contributed by atoms with Crippen LogP contribution in [0.1, 0.15) is 123 Å². The molecule has 9 rings (SSSR count). The third-order valence-corrected chi connectivity index (χ3v) is 22.1. The van der Waals surface area contributed by atoms with Crippen molar-refractivity contribution in [1.29, 1.82) is 0 Å². The van der Waals surface area contributed by atoms with E-state index in [0.29, 0.717) is 41.4 Å². The van der Waals surface area contributed by atoms with E-state index in [0.717, 1.165) is 69.0 Å². The lowest BCUT2D eigenvalue weighted by atomic mass is 9.80. The van der Waals surface area contributed by atoms with E-state index < -0.39 is 31.2 Å². The van der Waals surface area contributed by atoms with Crippen molar-refractivity contribution in [2.75, 3.05) is 6.54 Å². The number of fused-ring (bicyclic) bond motifs is 5. The summed E-state index contributed by atoms with van der Waals surface area (Å²) in [5, 5.41) is 12.0. The van der Waals surface area contributed by atoms with Gasteiger partial charge < -0.3 is 20.0 Å². The molecule has 1 saturated carbocycles. The van der Waals surface area contributed by atoms with Crippen LogP contribution in [0.2, 0.25) is 23.2 Å². The molecule has 4 atom stereocenters. The van der Waals surface area contributed by atoms with Crippen LogP contribution in [0.15, 0.2) is 83.4 Å². The van der Waals surface area contributed by atoms with Gasteiger partial charge in [0.2, 0.25) is 17.7 Å². The molecule has 0 radical (unpaired) electrons. The molecule has 3 amide bonds. The summed E-state index contributed by atoms with van der Waals surface area (Å²) in [4.78, 5) is 68.6. The van der Waals surface area contributed by atoms with Gasteiger partial charge in [0, 0.05) is 37.2 Å². The summed E-state index contributed by atoms with van der Waals surface area (Å²) in [6.07, 6.45) is 7.15. The lowest BCUT2D eigenvalue weighted by molar-refractivity contribution is -0.144. The smallest absolute Gasteiger partial charge is 0.282 e. The number of thiazole rings is 1. The average Bonchev–Trinajstić information content (AvgIpc) is 4.13. The third-order valence-electron chi connectivity index (χ3n) is 16.3. The highest BCUT2D eigenvalue weighted by Crippen LogP contribution is 2.45. The molecule has 3 aromatic heterocycles. The summed E-state index contributed by atoms with van der Waals surface area (Å²) in [7, 11) is -2.26. The molecule has 13 nitrogen and oxygen atoms in total. The Morgan fingerprint density at radius 3 is 2.29 bits per heavy atom. The van der Waals surface area contributed by atoms with E-state index in [4.69, 9.17) is 21.1 Å². The third kappa shape index (κ3) is 10.2. The van der Waals surface area contributed by atoms with Crippen LogP contribution < -0.4 is 16.2 Å². The molecule has 73 heavy (non-hydrogen) atoms. The molecule has 2 aliphatic heterocycles. The normalized spacial score (nSPS) is 20.6. The molecule has 0 bridgehead atoms. The van der Waals surface area contributed by atoms with Crippen LogP contribution in [-0.4, -0.2) is 80.0 Å². The Morgan fingerprint density at radius 2 is 1.63 bits per heavy atom. The lowest BCUT2D eigenvalue weighted by Gasteiger charge is -2.38. The Bertz CT molecular complexity index is 3140. The van der Waals surface area contributed by atoms with E-state index in [1.807, 2.05) is 75.3 Å². The summed E-state index contributed by atoms with van der Waals surface area (Å²) in [6, 6.07) is 18.1. The first-order valence-electron chi connectivity index (χ1n) is 25.8. The molecular formula is C57H71ClN8O5SSi. The Balaban J connectivity index is 0.848. The second-order valence-electron chi connectivity index (χ2n) is 23.9. The van der Waals surface area contributed by atoms with Gasteiger partial charge in [0.15, 0.2) is 8.32 Å². The van der Waals surface area contributed by atoms with Crippen LogP contribution in [0.25, 0.3) is 38.2 Å². The SMILES string of the molecule is Cc1ncsc1-c1ccc([C@H](C)NC(=O)[C@@H]2C[C@@H](O[Si](C)(C)C(C)(C)C)CN2C(=O)[C@@H](NC(=O)C2CCC(Cn3cc(-c4ccc5c(c4)C(C)(C)c4nc(=O)c6c(Cl)cccc6n4-5)cn3)CC2)C(C)(C)C)cc1. The zero-order chi connectivity index (χ0) is 52.5. The standard InChI is InChI=1S/C57H71ClN8O5SSi/c1-33(36-20-22-37(23-21-36)48-34(2)59-32-72-48)61-51(68)46-27-41(71-73(11,12)56(6,7)8)31-65(46)53(70)49(55(3,4)5)62-50(67)38-18-16-35(17-19-38)29-64-30-40(28-60-64)39-24-25-44-42(26-39)57(9,10)54-63-52(69)47-43(58)14-13-15-45(47)66(44)54/h13-15,20-26,28,30,32-33,35,38,41,46,49H,16-19,27,29,31H2,1-12H3,(H,61,68)(H,62,67)/t33-,35?,38?,41+,46-,49+/m0/s1. The molecule has 2 N–H and O–H groups in total. The van der Waals surface area contributed by atoms with Crippen molar-refractivity contribution in [3.05, 3.63) is 117 Å². The second kappa shape index (κ2) is 19.7. The predicted octanol–water partition coefficient (Wildman–Crippen LogP) is 11.2. The van der Waals surface area contributed by atoms with E-state index in [-0.39, 0.29) is 52.9 Å². The number of likely N-dealkylation sites (tertiary alicyclic amines) is 1. The van der Waals surface area contributed by atoms with Crippen LogP contribution >= 0.6 is 22.9 Å². The van der Waals surface area contributed by atoms with E-state index in [1.54, 1.807) is 22.3 Å². The summed E-state index contributed by atoms with van der Waals surface area (Å²) in [5.74, 6) is 0.171. The van der Waals surface area contributed by atoms with Crippen LogP contribution in [0.5, 0.6) is 0 Å². The average molecular weight is 1040 g/mol. The minimum absolute atomic E-state index is 0.0618. The minimum Gasteiger partial charge on any atom is -0.412 e. The van der Waals surface area contributed by atoms with Gasteiger partial charge in [-0.3, -0.25) is 28.4 Å². The quantitative estimate of drug-likeness (QED) is 0.115. The maximum absolute atomic E-state index is 15.0. The van der Waals surface area contributed by atoms with E-state index in [2.05, 4.69) is 109 Å². The molecule has 3 aromatic carbocycles. The fourth-order valence-electron chi connectivity index (χ4n) is 10.8. The van der Waals surface area contributed by atoms with Crippen molar-refractivity contribution in [1.82, 2.24) is 39.8 Å². The first-order chi connectivity index (χ1) is 34.3.